The number of rotatable bonds is 3. The highest BCUT2D eigenvalue weighted by Crippen LogP contribution is 2.25. The van der Waals surface area contributed by atoms with Crippen LogP contribution in [-0.4, -0.2) is 19.7 Å². The van der Waals surface area contributed by atoms with Crippen molar-refractivity contribution in [2.75, 3.05) is 13.7 Å². The van der Waals surface area contributed by atoms with Gasteiger partial charge in [0, 0.05) is 6.04 Å². The third-order valence-electron chi connectivity index (χ3n) is 3.95. The molecule has 1 unspecified atom stereocenters. The highest BCUT2D eigenvalue weighted by Gasteiger charge is 2.15. The van der Waals surface area contributed by atoms with Gasteiger partial charge in [0.2, 0.25) is 0 Å². The quantitative estimate of drug-likeness (QED) is 0.866. The predicted octanol–water partition coefficient (Wildman–Crippen LogP) is 3.00. The molecule has 0 amide bonds. The van der Waals surface area contributed by atoms with Crippen LogP contribution < -0.4 is 10.1 Å². The smallest absolute Gasteiger partial charge is 0.122 e. The van der Waals surface area contributed by atoms with Gasteiger partial charge in [-0.25, -0.2) is 0 Å². The third kappa shape index (κ3) is 2.81. The molecule has 1 heterocycles. The molecule has 2 nitrogen and oxygen atoms in total. The Balaban J connectivity index is 2.12. The molecule has 94 valence electrons. The molecule has 0 spiro atoms. The summed E-state index contributed by atoms with van der Waals surface area (Å²) in [5.41, 5.74) is 4.13. The summed E-state index contributed by atoms with van der Waals surface area (Å²) in [4.78, 5) is 0. The summed E-state index contributed by atoms with van der Waals surface area (Å²) in [7, 11) is 1.74. The molecule has 0 radical (unpaired) electrons. The van der Waals surface area contributed by atoms with Gasteiger partial charge in [-0.2, -0.15) is 0 Å². The van der Waals surface area contributed by atoms with E-state index in [1.165, 1.54) is 42.5 Å². The molecule has 1 N–H and O–H groups in total. The summed E-state index contributed by atoms with van der Waals surface area (Å²) >= 11 is 0. The number of methoxy groups -OCH3 is 1. The van der Waals surface area contributed by atoms with Crippen molar-refractivity contribution in [3.05, 3.63) is 28.8 Å². The summed E-state index contributed by atoms with van der Waals surface area (Å²) in [5.74, 6) is 1.00. The van der Waals surface area contributed by atoms with E-state index in [0.29, 0.717) is 6.04 Å². The van der Waals surface area contributed by atoms with Crippen LogP contribution >= 0.6 is 0 Å². The molecule has 17 heavy (non-hydrogen) atoms. The number of hydrogen-bond donors (Lipinski definition) is 1. The van der Waals surface area contributed by atoms with Crippen LogP contribution in [0.3, 0.4) is 0 Å². The molecule has 2 heteroatoms. The Hall–Kier alpha value is -1.02. The molecule has 1 saturated heterocycles. The summed E-state index contributed by atoms with van der Waals surface area (Å²) in [5, 5.41) is 3.61. The summed E-state index contributed by atoms with van der Waals surface area (Å²) in [6.07, 6.45) is 5.16. The molecule has 1 aliphatic rings. The Morgan fingerprint density at radius 2 is 2.06 bits per heavy atom. The minimum absolute atomic E-state index is 0.662. The van der Waals surface area contributed by atoms with E-state index in [9.17, 15) is 0 Å². The van der Waals surface area contributed by atoms with Gasteiger partial charge in [0.1, 0.15) is 5.75 Å². The highest BCUT2D eigenvalue weighted by atomic mass is 16.5. The van der Waals surface area contributed by atoms with Gasteiger partial charge in [-0.1, -0.05) is 12.5 Å². The van der Waals surface area contributed by atoms with Crippen molar-refractivity contribution < 1.29 is 4.74 Å². The highest BCUT2D eigenvalue weighted by molar-refractivity contribution is 5.43. The van der Waals surface area contributed by atoms with Gasteiger partial charge < -0.3 is 10.1 Å². The van der Waals surface area contributed by atoms with Crippen LogP contribution in [0.5, 0.6) is 5.75 Å². The summed E-state index contributed by atoms with van der Waals surface area (Å²) in [6, 6.07) is 4.98. The van der Waals surface area contributed by atoms with Crippen LogP contribution in [0.4, 0.5) is 0 Å². The lowest BCUT2D eigenvalue weighted by Crippen LogP contribution is -2.35. The second-order valence-electron chi connectivity index (χ2n) is 5.03. The SMILES string of the molecule is COc1ccc(CC2CCCCN2)c(C)c1C. The largest absolute Gasteiger partial charge is 0.496 e. The van der Waals surface area contributed by atoms with Crippen LogP contribution in [0.2, 0.25) is 0 Å². The van der Waals surface area contributed by atoms with Crippen molar-refractivity contribution in [3.8, 4) is 5.75 Å². The van der Waals surface area contributed by atoms with Crippen LogP contribution in [0.15, 0.2) is 12.1 Å². The van der Waals surface area contributed by atoms with Gasteiger partial charge in [0.15, 0.2) is 0 Å². The fraction of sp³-hybridized carbons (Fsp3) is 0.600. The minimum atomic E-state index is 0.662. The van der Waals surface area contributed by atoms with Crippen LogP contribution in [0.25, 0.3) is 0 Å². The van der Waals surface area contributed by atoms with E-state index in [2.05, 4.69) is 31.3 Å². The zero-order valence-electron chi connectivity index (χ0n) is 11.2. The van der Waals surface area contributed by atoms with Crippen LogP contribution in [0.1, 0.15) is 36.0 Å². The van der Waals surface area contributed by atoms with E-state index in [0.717, 1.165) is 12.2 Å². The Labute approximate surface area is 104 Å². The first-order chi connectivity index (χ1) is 8.22. The molecule has 0 aromatic heterocycles. The summed E-state index contributed by atoms with van der Waals surface area (Å²) < 4.78 is 5.36. The van der Waals surface area contributed by atoms with E-state index < -0.39 is 0 Å². The number of hydrogen-bond acceptors (Lipinski definition) is 2. The molecule has 0 bridgehead atoms. The van der Waals surface area contributed by atoms with Crippen LogP contribution in [-0.2, 0) is 6.42 Å². The predicted molar refractivity (Wildman–Crippen MR) is 71.8 cm³/mol. The van der Waals surface area contributed by atoms with Crippen molar-refractivity contribution in [1.29, 1.82) is 0 Å². The lowest BCUT2D eigenvalue weighted by atomic mass is 9.93. The molecular formula is C15H23NO. The molecule has 1 aromatic carbocycles. The number of benzene rings is 1. The molecule has 1 aromatic rings. The molecular weight excluding hydrogens is 210 g/mol. The van der Waals surface area contributed by atoms with Crippen molar-refractivity contribution >= 4 is 0 Å². The van der Waals surface area contributed by atoms with Gasteiger partial charge in [-0.15, -0.1) is 0 Å². The van der Waals surface area contributed by atoms with Crippen molar-refractivity contribution in [2.24, 2.45) is 0 Å². The van der Waals surface area contributed by atoms with Gasteiger partial charge >= 0.3 is 0 Å². The fourth-order valence-electron chi connectivity index (χ4n) is 2.66. The second kappa shape index (κ2) is 5.54. The normalized spacial score (nSPS) is 20.3. The third-order valence-corrected chi connectivity index (χ3v) is 3.95. The van der Waals surface area contributed by atoms with Crippen molar-refractivity contribution in [1.82, 2.24) is 5.32 Å². The first kappa shape index (κ1) is 12.4. The first-order valence-electron chi connectivity index (χ1n) is 6.59. The Kier molecular flexibility index (Phi) is 4.06. The molecule has 2 rings (SSSR count). The van der Waals surface area contributed by atoms with Gasteiger partial charge in [0.05, 0.1) is 7.11 Å². The number of nitrogens with one attached hydrogen (secondary N) is 1. The molecule has 0 saturated carbocycles. The maximum absolute atomic E-state index is 5.36. The van der Waals surface area contributed by atoms with E-state index in [-0.39, 0.29) is 0 Å². The van der Waals surface area contributed by atoms with Gasteiger partial charge in [-0.05, 0) is 62.4 Å². The number of ether oxygens (including phenoxy) is 1. The van der Waals surface area contributed by atoms with E-state index in [4.69, 9.17) is 4.74 Å². The first-order valence-corrected chi connectivity index (χ1v) is 6.59. The Morgan fingerprint density at radius 1 is 1.24 bits per heavy atom. The zero-order chi connectivity index (χ0) is 12.3. The van der Waals surface area contributed by atoms with Crippen molar-refractivity contribution in [3.63, 3.8) is 0 Å². The molecule has 1 atom stereocenters. The molecule has 1 fully saturated rings. The topological polar surface area (TPSA) is 21.3 Å². The minimum Gasteiger partial charge on any atom is -0.496 e. The maximum Gasteiger partial charge on any atom is 0.122 e. The standard InChI is InChI=1S/C15H23NO/c1-11-12(2)15(17-3)8-7-13(11)10-14-6-4-5-9-16-14/h7-8,14,16H,4-6,9-10H2,1-3H3. The van der Waals surface area contributed by atoms with E-state index >= 15 is 0 Å². The second-order valence-corrected chi connectivity index (χ2v) is 5.03. The zero-order valence-corrected chi connectivity index (χ0v) is 11.2. The fourth-order valence-corrected chi connectivity index (χ4v) is 2.66. The van der Waals surface area contributed by atoms with Crippen LogP contribution in [0, 0.1) is 13.8 Å². The lowest BCUT2D eigenvalue weighted by Gasteiger charge is -2.24. The van der Waals surface area contributed by atoms with E-state index in [1.807, 2.05) is 0 Å². The molecule has 0 aliphatic carbocycles. The average Bonchev–Trinajstić information content (AvgIpc) is 2.37. The monoisotopic (exact) mass is 233 g/mol. The van der Waals surface area contributed by atoms with Crippen molar-refractivity contribution in [2.45, 2.75) is 45.6 Å². The van der Waals surface area contributed by atoms with Gasteiger partial charge in [0.25, 0.3) is 0 Å². The number of piperidine rings is 1. The maximum atomic E-state index is 5.36. The Morgan fingerprint density at radius 3 is 2.71 bits per heavy atom. The lowest BCUT2D eigenvalue weighted by molar-refractivity contribution is 0.397. The Bertz CT molecular complexity index is 381. The van der Waals surface area contributed by atoms with E-state index in [1.54, 1.807) is 7.11 Å². The average molecular weight is 233 g/mol. The van der Waals surface area contributed by atoms with Gasteiger partial charge in [-0.3, -0.25) is 0 Å². The summed E-state index contributed by atoms with van der Waals surface area (Å²) in [6.45, 7) is 5.53. The molecule has 1 aliphatic heterocycles.